The second-order valence-electron chi connectivity index (χ2n) is 13.6. The molecule has 0 amide bonds. The number of aromatic nitrogens is 4. The summed E-state index contributed by atoms with van der Waals surface area (Å²) in [7, 11) is 0. The molecule has 0 bridgehead atoms. The van der Waals surface area contributed by atoms with E-state index in [1.807, 2.05) is 72.0 Å². The van der Waals surface area contributed by atoms with E-state index in [0.29, 0.717) is 17.5 Å². The number of rotatable bonds is 5. The molecule has 0 saturated heterocycles. The summed E-state index contributed by atoms with van der Waals surface area (Å²) in [5, 5.41) is 7.73. The van der Waals surface area contributed by atoms with Gasteiger partial charge in [0.15, 0.2) is 17.5 Å². The molecule has 252 valence electrons. The summed E-state index contributed by atoms with van der Waals surface area (Å²) in [6.07, 6.45) is 0. The van der Waals surface area contributed by atoms with Crippen LogP contribution in [-0.4, -0.2) is 19.5 Å². The molecular formula is C49H30N4S. The second-order valence-corrected chi connectivity index (χ2v) is 14.6. The highest BCUT2D eigenvalue weighted by Gasteiger charge is 2.22. The molecule has 3 heterocycles. The highest BCUT2D eigenvalue weighted by molar-refractivity contribution is 7.27. The Kier molecular flexibility index (Phi) is 7.00. The van der Waals surface area contributed by atoms with Gasteiger partial charge in [0.05, 0.1) is 15.7 Å². The summed E-state index contributed by atoms with van der Waals surface area (Å²) in [5.41, 5.74) is 8.76. The smallest absolute Gasteiger partial charge is 0.164 e. The van der Waals surface area contributed by atoms with E-state index in [-0.39, 0.29) is 0 Å². The first kappa shape index (κ1) is 30.7. The number of benzene rings is 8. The zero-order valence-corrected chi connectivity index (χ0v) is 29.8. The van der Waals surface area contributed by atoms with E-state index in [0.717, 1.165) is 33.5 Å². The Morgan fingerprint density at radius 3 is 1.48 bits per heavy atom. The van der Waals surface area contributed by atoms with Crippen LogP contribution < -0.4 is 0 Å². The maximum atomic E-state index is 4.95. The van der Waals surface area contributed by atoms with Gasteiger partial charge < -0.3 is 4.57 Å². The summed E-state index contributed by atoms with van der Waals surface area (Å²) in [4.78, 5) is 14.8. The third-order valence-corrected chi connectivity index (χ3v) is 11.6. The van der Waals surface area contributed by atoms with Gasteiger partial charge in [-0.15, -0.1) is 11.3 Å². The van der Waals surface area contributed by atoms with Crippen molar-refractivity contribution in [1.29, 1.82) is 0 Å². The van der Waals surface area contributed by atoms with Gasteiger partial charge in [0, 0.05) is 48.6 Å². The Labute approximate surface area is 315 Å². The van der Waals surface area contributed by atoms with Crippen molar-refractivity contribution < 1.29 is 0 Å². The van der Waals surface area contributed by atoms with Crippen LogP contribution in [0.5, 0.6) is 0 Å². The average molecular weight is 707 g/mol. The fraction of sp³-hybridized carbons (Fsp3) is 0. The van der Waals surface area contributed by atoms with E-state index in [2.05, 4.69) is 126 Å². The van der Waals surface area contributed by atoms with E-state index in [1.165, 1.54) is 52.8 Å². The first-order valence-corrected chi connectivity index (χ1v) is 18.9. The number of para-hydroxylation sites is 1. The van der Waals surface area contributed by atoms with Crippen molar-refractivity contribution >= 4 is 64.1 Å². The molecule has 11 rings (SSSR count). The third kappa shape index (κ3) is 4.86. The molecule has 0 aliphatic carbocycles. The summed E-state index contributed by atoms with van der Waals surface area (Å²) in [6, 6.07) is 64.3. The minimum atomic E-state index is 0.648. The fourth-order valence-corrected chi connectivity index (χ4v) is 9.21. The Morgan fingerprint density at radius 1 is 0.370 bits per heavy atom. The molecule has 0 radical (unpaired) electrons. The molecule has 0 spiro atoms. The lowest BCUT2D eigenvalue weighted by Gasteiger charge is -2.10. The molecule has 0 unspecified atom stereocenters. The number of hydrogen-bond acceptors (Lipinski definition) is 4. The molecule has 11 aromatic rings. The van der Waals surface area contributed by atoms with E-state index < -0.39 is 0 Å². The molecule has 8 aromatic carbocycles. The van der Waals surface area contributed by atoms with Crippen LogP contribution in [0.3, 0.4) is 0 Å². The zero-order chi connectivity index (χ0) is 35.6. The van der Waals surface area contributed by atoms with E-state index in [1.54, 1.807) is 0 Å². The van der Waals surface area contributed by atoms with Crippen molar-refractivity contribution in [1.82, 2.24) is 19.5 Å². The standard InChI is InChI=1S/C49H30N4S/c1-4-14-32(15-5-1)47-50-48(33-16-6-2-7-17-33)52-49(51-47)34-26-24-31(25-27-34)35-28-29-41-40(30-35)43-37-20-10-11-21-38(37)44-39-22-12-13-23-42(39)54-46(44)45(43)53(41)36-18-8-3-9-19-36/h1-30H. The van der Waals surface area contributed by atoms with Gasteiger partial charge in [0.25, 0.3) is 0 Å². The van der Waals surface area contributed by atoms with E-state index in [4.69, 9.17) is 15.0 Å². The molecule has 0 atom stereocenters. The van der Waals surface area contributed by atoms with Crippen LogP contribution in [-0.2, 0) is 0 Å². The monoisotopic (exact) mass is 706 g/mol. The lowest BCUT2D eigenvalue weighted by Crippen LogP contribution is -2.00. The molecular weight excluding hydrogens is 677 g/mol. The lowest BCUT2D eigenvalue weighted by atomic mass is 9.97. The van der Waals surface area contributed by atoms with Gasteiger partial charge in [-0.25, -0.2) is 15.0 Å². The predicted molar refractivity (Wildman–Crippen MR) is 226 cm³/mol. The summed E-state index contributed by atoms with van der Waals surface area (Å²) < 4.78 is 5.09. The zero-order valence-electron chi connectivity index (χ0n) is 29.0. The summed E-state index contributed by atoms with van der Waals surface area (Å²) in [5.74, 6) is 1.96. The molecule has 4 nitrogen and oxygen atoms in total. The first-order chi connectivity index (χ1) is 26.8. The normalized spacial score (nSPS) is 11.7. The Morgan fingerprint density at radius 2 is 0.852 bits per heavy atom. The highest BCUT2D eigenvalue weighted by atomic mass is 32.1. The maximum absolute atomic E-state index is 4.95. The van der Waals surface area contributed by atoms with Crippen LogP contribution in [0, 0.1) is 0 Å². The molecule has 0 N–H and O–H groups in total. The molecule has 5 heteroatoms. The van der Waals surface area contributed by atoms with Crippen LogP contribution in [0.25, 0.3) is 104 Å². The minimum absolute atomic E-state index is 0.648. The molecule has 54 heavy (non-hydrogen) atoms. The molecule has 0 aliphatic heterocycles. The van der Waals surface area contributed by atoms with E-state index in [9.17, 15) is 0 Å². The van der Waals surface area contributed by atoms with Crippen molar-refractivity contribution in [3.63, 3.8) is 0 Å². The summed E-state index contributed by atoms with van der Waals surface area (Å²) >= 11 is 1.89. The van der Waals surface area contributed by atoms with Gasteiger partial charge in [0.2, 0.25) is 0 Å². The van der Waals surface area contributed by atoms with Gasteiger partial charge in [-0.3, -0.25) is 0 Å². The van der Waals surface area contributed by atoms with Crippen LogP contribution in [0.15, 0.2) is 182 Å². The highest BCUT2D eigenvalue weighted by Crippen LogP contribution is 2.48. The molecule has 0 aliphatic rings. The Balaban J connectivity index is 1.11. The van der Waals surface area contributed by atoms with Crippen molar-refractivity contribution in [3.05, 3.63) is 182 Å². The minimum Gasteiger partial charge on any atom is -0.308 e. The fourth-order valence-electron chi connectivity index (χ4n) is 7.95. The number of nitrogens with zero attached hydrogens (tertiary/aromatic N) is 4. The van der Waals surface area contributed by atoms with Crippen molar-refractivity contribution in [2.45, 2.75) is 0 Å². The third-order valence-electron chi connectivity index (χ3n) is 10.4. The SMILES string of the molecule is c1ccc(-c2nc(-c3ccccc3)nc(-c3ccc(-c4ccc5c(c4)c4c6ccccc6c6c7ccccc7sc6c4n5-c4ccccc4)cc3)n2)cc1. The van der Waals surface area contributed by atoms with Crippen LogP contribution in [0.4, 0.5) is 0 Å². The van der Waals surface area contributed by atoms with Crippen LogP contribution in [0.1, 0.15) is 0 Å². The van der Waals surface area contributed by atoms with Gasteiger partial charge in [-0.2, -0.15) is 0 Å². The van der Waals surface area contributed by atoms with Crippen LogP contribution in [0.2, 0.25) is 0 Å². The largest absolute Gasteiger partial charge is 0.308 e. The quantitative estimate of drug-likeness (QED) is 0.179. The van der Waals surface area contributed by atoms with Crippen molar-refractivity contribution in [2.24, 2.45) is 0 Å². The molecule has 0 fully saturated rings. The molecule has 0 saturated carbocycles. The Hall–Kier alpha value is -6.95. The second kappa shape index (κ2) is 12.3. The maximum Gasteiger partial charge on any atom is 0.164 e. The van der Waals surface area contributed by atoms with Crippen LogP contribution >= 0.6 is 11.3 Å². The number of thiophene rings is 1. The van der Waals surface area contributed by atoms with E-state index >= 15 is 0 Å². The Bertz CT molecular complexity index is 3130. The topological polar surface area (TPSA) is 43.6 Å². The predicted octanol–water partition coefficient (Wildman–Crippen LogP) is 13.2. The van der Waals surface area contributed by atoms with Crippen molar-refractivity contribution in [2.75, 3.05) is 0 Å². The van der Waals surface area contributed by atoms with Gasteiger partial charge in [0.1, 0.15) is 0 Å². The average Bonchev–Trinajstić information content (AvgIpc) is 3.81. The van der Waals surface area contributed by atoms with Crippen molar-refractivity contribution in [3.8, 4) is 51.0 Å². The van der Waals surface area contributed by atoms with Gasteiger partial charge in [-0.1, -0.05) is 152 Å². The van der Waals surface area contributed by atoms with Gasteiger partial charge in [-0.05, 0) is 52.2 Å². The van der Waals surface area contributed by atoms with Gasteiger partial charge >= 0.3 is 0 Å². The number of fused-ring (bicyclic) bond motifs is 10. The summed E-state index contributed by atoms with van der Waals surface area (Å²) in [6.45, 7) is 0. The number of hydrogen-bond donors (Lipinski definition) is 0. The first-order valence-electron chi connectivity index (χ1n) is 18.1. The lowest BCUT2D eigenvalue weighted by molar-refractivity contribution is 1.07. The molecule has 3 aromatic heterocycles.